The molecule has 0 aliphatic rings. The molecule has 0 saturated heterocycles. The molecule has 1 amide bonds. The fourth-order valence-electron chi connectivity index (χ4n) is 1.73. The first-order valence-corrected chi connectivity index (χ1v) is 8.45. The van der Waals surface area contributed by atoms with Crippen LogP contribution in [-0.4, -0.2) is 33.0 Å². The van der Waals surface area contributed by atoms with Gasteiger partial charge >= 0.3 is 0 Å². The van der Waals surface area contributed by atoms with Gasteiger partial charge in [0.1, 0.15) is 5.82 Å². The number of carbonyl (C=O) groups is 1. The van der Waals surface area contributed by atoms with Crippen LogP contribution >= 0.6 is 34.4 Å². The molecule has 2 aromatic rings. The molecule has 1 aromatic carbocycles. The van der Waals surface area contributed by atoms with E-state index in [1.54, 1.807) is 0 Å². The second-order valence-corrected chi connectivity index (χ2v) is 6.39. The Hall–Kier alpha value is -1.13. The van der Waals surface area contributed by atoms with E-state index in [2.05, 4.69) is 38.1 Å². The molecule has 21 heavy (non-hydrogen) atoms. The predicted octanol–water partition coefficient (Wildman–Crippen LogP) is 1.88. The summed E-state index contributed by atoms with van der Waals surface area (Å²) in [5.74, 6) is 1.03. The normalized spacial score (nSPS) is 10.6. The van der Waals surface area contributed by atoms with E-state index < -0.39 is 0 Å². The highest BCUT2D eigenvalue weighted by atomic mass is 127. The first-order chi connectivity index (χ1) is 10.1. The minimum Gasteiger partial charge on any atom is -0.329 e. The molecule has 0 aliphatic carbocycles. The smallest absolute Gasteiger partial charge is 0.234 e. The largest absolute Gasteiger partial charge is 0.329 e. The molecule has 6 nitrogen and oxygen atoms in total. The lowest BCUT2D eigenvalue weighted by atomic mass is 10.3. The average Bonchev–Trinajstić information content (AvgIpc) is 2.81. The fourth-order valence-corrected chi connectivity index (χ4v) is 3.07. The van der Waals surface area contributed by atoms with Gasteiger partial charge in [-0.05, 0) is 41.6 Å². The van der Waals surface area contributed by atoms with Crippen molar-refractivity contribution in [2.75, 3.05) is 17.6 Å². The molecule has 8 heteroatoms. The SMILES string of the molecule is Cc1nnc(SCC(=O)Nc2ccccc2I)n1CCN. The quantitative estimate of drug-likeness (QED) is 0.554. The molecular weight excluding hydrogens is 401 g/mol. The van der Waals surface area contributed by atoms with Crippen molar-refractivity contribution >= 4 is 45.9 Å². The Kier molecular flexibility index (Phi) is 6.00. The van der Waals surface area contributed by atoms with Gasteiger partial charge in [-0.25, -0.2) is 0 Å². The summed E-state index contributed by atoms with van der Waals surface area (Å²) in [6, 6.07) is 7.66. The van der Waals surface area contributed by atoms with E-state index in [1.807, 2.05) is 35.8 Å². The Morgan fingerprint density at radius 2 is 2.19 bits per heavy atom. The Morgan fingerprint density at radius 3 is 2.90 bits per heavy atom. The molecule has 0 unspecified atom stereocenters. The Bertz CT molecular complexity index is 631. The van der Waals surface area contributed by atoms with Crippen LogP contribution in [0.4, 0.5) is 5.69 Å². The van der Waals surface area contributed by atoms with Crippen molar-refractivity contribution in [3.63, 3.8) is 0 Å². The number of thioether (sulfide) groups is 1. The van der Waals surface area contributed by atoms with Gasteiger partial charge < -0.3 is 15.6 Å². The number of carbonyl (C=O) groups excluding carboxylic acids is 1. The summed E-state index contributed by atoms with van der Waals surface area (Å²) in [5.41, 5.74) is 6.39. The zero-order valence-electron chi connectivity index (χ0n) is 11.5. The maximum absolute atomic E-state index is 12.0. The lowest BCUT2D eigenvalue weighted by molar-refractivity contribution is -0.113. The monoisotopic (exact) mass is 417 g/mol. The summed E-state index contributed by atoms with van der Waals surface area (Å²) in [6.45, 7) is 3.04. The van der Waals surface area contributed by atoms with Crippen molar-refractivity contribution in [1.29, 1.82) is 0 Å². The van der Waals surface area contributed by atoms with Crippen LogP contribution in [0.2, 0.25) is 0 Å². The summed E-state index contributed by atoms with van der Waals surface area (Å²) in [4.78, 5) is 12.0. The van der Waals surface area contributed by atoms with E-state index in [0.29, 0.717) is 13.1 Å². The van der Waals surface area contributed by atoms with Crippen LogP contribution in [0.25, 0.3) is 0 Å². The Labute approximate surface area is 141 Å². The standard InChI is InChI=1S/C13H16IN5OS/c1-9-17-18-13(19(9)7-6-15)21-8-12(20)16-11-5-3-2-4-10(11)14/h2-5H,6-8,15H2,1H3,(H,16,20). The minimum atomic E-state index is -0.0657. The van der Waals surface area contributed by atoms with Gasteiger partial charge in [0.25, 0.3) is 0 Å². The van der Waals surface area contributed by atoms with E-state index >= 15 is 0 Å². The van der Waals surface area contributed by atoms with Gasteiger partial charge in [-0.1, -0.05) is 23.9 Å². The number of aryl methyl sites for hydroxylation is 1. The minimum absolute atomic E-state index is 0.0657. The number of anilines is 1. The number of hydrogen-bond acceptors (Lipinski definition) is 5. The highest BCUT2D eigenvalue weighted by Gasteiger charge is 2.11. The van der Waals surface area contributed by atoms with Gasteiger partial charge in [-0.3, -0.25) is 4.79 Å². The van der Waals surface area contributed by atoms with E-state index in [1.165, 1.54) is 11.8 Å². The Morgan fingerprint density at radius 1 is 1.43 bits per heavy atom. The predicted molar refractivity (Wildman–Crippen MR) is 92.3 cm³/mol. The van der Waals surface area contributed by atoms with E-state index in [9.17, 15) is 4.79 Å². The van der Waals surface area contributed by atoms with Crippen molar-refractivity contribution in [2.24, 2.45) is 5.73 Å². The second-order valence-electron chi connectivity index (χ2n) is 4.29. The lowest BCUT2D eigenvalue weighted by Gasteiger charge is -2.08. The molecular formula is C13H16IN5OS. The molecule has 0 aliphatic heterocycles. The van der Waals surface area contributed by atoms with E-state index in [0.717, 1.165) is 20.2 Å². The Balaban J connectivity index is 1.94. The van der Waals surface area contributed by atoms with Crippen molar-refractivity contribution in [2.45, 2.75) is 18.6 Å². The number of halogens is 1. The zero-order valence-corrected chi connectivity index (χ0v) is 14.5. The van der Waals surface area contributed by atoms with Gasteiger partial charge in [-0.15, -0.1) is 10.2 Å². The molecule has 1 heterocycles. The summed E-state index contributed by atoms with van der Waals surface area (Å²) >= 11 is 3.55. The van der Waals surface area contributed by atoms with E-state index in [4.69, 9.17) is 5.73 Å². The molecule has 3 N–H and O–H groups in total. The number of nitrogens with one attached hydrogen (secondary N) is 1. The van der Waals surface area contributed by atoms with Crippen LogP contribution in [0.3, 0.4) is 0 Å². The van der Waals surface area contributed by atoms with Gasteiger partial charge in [0, 0.05) is 16.7 Å². The van der Waals surface area contributed by atoms with Gasteiger partial charge in [0.05, 0.1) is 11.4 Å². The van der Waals surface area contributed by atoms with Crippen LogP contribution in [0.1, 0.15) is 5.82 Å². The molecule has 0 radical (unpaired) electrons. The topological polar surface area (TPSA) is 85.8 Å². The lowest BCUT2D eigenvalue weighted by Crippen LogP contribution is -2.16. The van der Waals surface area contributed by atoms with Crippen molar-refractivity contribution in [3.8, 4) is 0 Å². The fraction of sp³-hybridized carbons (Fsp3) is 0.308. The average molecular weight is 417 g/mol. The maximum atomic E-state index is 12.0. The zero-order chi connectivity index (χ0) is 15.2. The van der Waals surface area contributed by atoms with Gasteiger partial charge in [-0.2, -0.15) is 0 Å². The number of nitrogens with zero attached hydrogens (tertiary/aromatic N) is 3. The maximum Gasteiger partial charge on any atom is 0.234 e. The number of aromatic nitrogens is 3. The number of amides is 1. The van der Waals surface area contributed by atoms with E-state index in [-0.39, 0.29) is 11.7 Å². The molecule has 1 aromatic heterocycles. The molecule has 2 rings (SSSR count). The first-order valence-electron chi connectivity index (χ1n) is 6.39. The third kappa shape index (κ3) is 4.42. The summed E-state index contributed by atoms with van der Waals surface area (Å²) in [5, 5.41) is 11.7. The number of rotatable bonds is 6. The number of nitrogens with two attached hydrogens (primary N) is 1. The summed E-state index contributed by atoms with van der Waals surface area (Å²) in [6.07, 6.45) is 0. The highest BCUT2D eigenvalue weighted by molar-refractivity contribution is 14.1. The molecule has 0 bridgehead atoms. The van der Waals surface area contributed by atoms with Crippen LogP contribution in [0, 0.1) is 10.5 Å². The van der Waals surface area contributed by atoms with Gasteiger partial charge in [0.2, 0.25) is 5.91 Å². The van der Waals surface area contributed by atoms with Crippen LogP contribution < -0.4 is 11.1 Å². The van der Waals surface area contributed by atoms with Crippen molar-refractivity contribution < 1.29 is 4.79 Å². The van der Waals surface area contributed by atoms with Crippen LogP contribution in [0.15, 0.2) is 29.4 Å². The van der Waals surface area contributed by atoms with Gasteiger partial charge in [0.15, 0.2) is 5.16 Å². The third-order valence-electron chi connectivity index (χ3n) is 2.73. The second kappa shape index (κ2) is 7.76. The van der Waals surface area contributed by atoms with Crippen molar-refractivity contribution in [1.82, 2.24) is 14.8 Å². The number of para-hydroxylation sites is 1. The molecule has 0 spiro atoms. The molecule has 112 valence electrons. The number of hydrogen-bond donors (Lipinski definition) is 2. The van der Waals surface area contributed by atoms with Crippen molar-refractivity contribution in [3.05, 3.63) is 33.7 Å². The third-order valence-corrected chi connectivity index (χ3v) is 4.64. The molecule has 0 atom stereocenters. The molecule has 0 saturated carbocycles. The molecule has 0 fully saturated rings. The highest BCUT2D eigenvalue weighted by Crippen LogP contribution is 2.19. The number of benzene rings is 1. The summed E-state index contributed by atoms with van der Waals surface area (Å²) in [7, 11) is 0. The van der Waals surface area contributed by atoms with Crippen LogP contribution in [0.5, 0.6) is 0 Å². The summed E-state index contributed by atoms with van der Waals surface area (Å²) < 4.78 is 2.93. The van der Waals surface area contributed by atoms with Crippen LogP contribution in [-0.2, 0) is 11.3 Å². The first kappa shape index (κ1) is 16.2.